The summed E-state index contributed by atoms with van der Waals surface area (Å²) in [6.45, 7) is 4.53. The fourth-order valence-electron chi connectivity index (χ4n) is 3.36. The number of nitrogens with zero attached hydrogens (tertiary/aromatic N) is 1. The molecule has 2 fully saturated rings. The van der Waals surface area contributed by atoms with Gasteiger partial charge in [0.25, 0.3) is 0 Å². The van der Waals surface area contributed by atoms with Gasteiger partial charge in [-0.1, -0.05) is 26.2 Å². The van der Waals surface area contributed by atoms with Crippen LogP contribution in [-0.2, 0) is 0 Å². The molecule has 2 saturated carbocycles. The van der Waals surface area contributed by atoms with Crippen molar-refractivity contribution in [2.75, 3.05) is 13.1 Å². The van der Waals surface area contributed by atoms with Gasteiger partial charge in [0.05, 0.1) is 0 Å². The van der Waals surface area contributed by atoms with Gasteiger partial charge in [0.15, 0.2) is 0 Å². The van der Waals surface area contributed by atoms with Gasteiger partial charge in [0, 0.05) is 12.1 Å². The Bertz CT molecular complexity index is 201. The molecular weight excluding hydrogens is 196 g/mol. The molecule has 0 heterocycles. The summed E-state index contributed by atoms with van der Waals surface area (Å²) in [5.74, 6) is 0.944. The highest BCUT2D eigenvalue weighted by atomic mass is 15.2. The molecule has 2 unspecified atom stereocenters. The van der Waals surface area contributed by atoms with Crippen LogP contribution in [0.15, 0.2) is 0 Å². The summed E-state index contributed by atoms with van der Waals surface area (Å²) in [4.78, 5) is 2.81. The molecule has 0 aromatic carbocycles. The zero-order chi connectivity index (χ0) is 11.4. The lowest BCUT2D eigenvalue weighted by atomic mass is 9.82. The van der Waals surface area contributed by atoms with Gasteiger partial charge in [-0.25, -0.2) is 0 Å². The Labute approximate surface area is 101 Å². The minimum atomic E-state index is 0.853. The van der Waals surface area contributed by atoms with E-state index in [0.717, 1.165) is 24.5 Å². The van der Waals surface area contributed by atoms with Crippen LogP contribution in [0.1, 0.15) is 58.3 Å². The Morgan fingerprint density at radius 1 is 1.06 bits per heavy atom. The van der Waals surface area contributed by atoms with Gasteiger partial charge in [-0.15, -0.1) is 0 Å². The molecule has 16 heavy (non-hydrogen) atoms. The van der Waals surface area contributed by atoms with E-state index in [-0.39, 0.29) is 0 Å². The highest BCUT2D eigenvalue weighted by Gasteiger charge is 2.32. The maximum Gasteiger partial charge on any atom is 0.0101 e. The van der Waals surface area contributed by atoms with Gasteiger partial charge < -0.3 is 5.73 Å². The van der Waals surface area contributed by atoms with Gasteiger partial charge in [-0.2, -0.15) is 0 Å². The van der Waals surface area contributed by atoms with E-state index in [1.54, 1.807) is 0 Å². The van der Waals surface area contributed by atoms with E-state index < -0.39 is 0 Å². The summed E-state index contributed by atoms with van der Waals surface area (Å²) in [7, 11) is 0. The molecule has 94 valence electrons. The van der Waals surface area contributed by atoms with Crippen LogP contribution in [0.5, 0.6) is 0 Å². The second-order valence-electron chi connectivity index (χ2n) is 5.89. The van der Waals surface area contributed by atoms with Crippen molar-refractivity contribution in [3.63, 3.8) is 0 Å². The molecule has 0 saturated heterocycles. The van der Waals surface area contributed by atoms with Crippen molar-refractivity contribution in [2.45, 2.75) is 70.4 Å². The number of rotatable bonds is 5. The minimum absolute atomic E-state index is 0.853. The van der Waals surface area contributed by atoms with Gasteiger partial charge >= 0.3 is 0 Å². The Morgan fingerprint density at radius 2 is 1.75 bits per heavy atom. The normalized spacial score (nSPS) is 31.7. The summed E-state index contributed by atoms with van der Waals surface area (Å²) in [6, 6.07) is 1.78. The Kier molecular flexibility index (Phi) is 4.66. The average Bonchev–Trinajstić information content (AvgIpc) is 2.21. The molecule has 2 N–H and O–H groups in total. The van der Waals surface area contributed by atoms with Gasteiger partial charge in [-0.05, 0) is 51.1 Å². The molecule has 0 amide bonds. The predicted molar refractivity (Wildman–Crippen MR) is 69.4 cm³/mol. The molecule has 2 aliphatic rings. The molecule has 0 radical (unpaired) electrons. The summed E-state index contributed by atoms with van der Waals surface area (Å²) in [5.41, 5.74) is 5.67. The molecule has 2 aliphatic carbocycles. The standard InChI is InChI=1S/C14H28N2/c1-12-5-2-8-14(11-12)16(10-4-9-15)13-6-3-7-13/h12-14H,2-11,15H2,1H3. The van der Waals surface area contributed by atoms with E-state index in [2.05, 4.69) is 11.8 Å². The topological polar surface area (TPSA) is 29.3 Å². The van der Waals surface area contributed by atoms with Gasteiger partial charge in [-0.3, -0.25) is 4.90 Å². The third-order valence-electron chi connectivity index (χ3n) is 4.54. The quantitative estimate of drug-likeness (QED) is 0.778. The lowest BCUT2D eigenvalue weighted by Crippen LogP contribution is -2.49. The maximum atomic E-state index is 5.67. The summed E-state index contributed by atoms with van der Waals surface area (Å²) in [6.07, 6.45) is 11.3. The second kappa shape index (κ2) is 6.02. The second-order valence-corrected chi connectivity index (χ2v) is 5.89. The lowest BCUT2D eigenvalue weighted by molar-refractivity contribution is 0.0489. The van der Waals surface area contributed by atoms with Crippen LogP contribution < -0.4 is 5.73 Å². The molecule has 2 heteroatoms. The highest BCUT2D eigenvalue weighted by Crippen LogP contribution is 2.33. The van der Waals surface area contributed by atoms with Crippen molar-refractivity contribution >= 4 is 0 Å². The molecule has 2 atom stereocenters. The number of hydrogen-bond acceptors (Lipinski definition) is 2. The van der Waals surface area contributed by atoms with Crippen molar-refractivity contribution in [1.29, 1.82) is 0 Å². The number of hydrogen-bond donors (Lipinski definition) is 1. The van der Waals surface area contributed by atoms with Crippen LogP contribution in [-0.4, -0.2) is 30.1 Å². The first-order valence-electron chi connectivity index (χ1n) is 7.27. The first kappa shape index (κ1) is 12.4. The zero-order valence-corrected chi connectivity index (χ0v) is 10.8. The van der Waals surface area contributed by atoms with Crippen molar-refractivity contribution in [3.8, 4) is 0 Å². The summed E-state index contributed by atoms with van der Waals surface area (Å²) < 4.78 is 0. The number of nitrogens with two attached hydrogens (primary N) is 1. The van der Waals surface area contributed by atoms with E-state index in [1.165, 1.54) is 57.9 Å². The predicted octanol–water partition coefficient (Wildman–Crippen LogP) is 2.77. The molecule has 0 aromatic rings. The van der Waals surface area contributed by atoms with Crippen molar-refractivity contribution in [2.24, 2.45) is 11.7 Å². The van der Waals surface area contributed by atoms with Crippen LogP contribution in [0.2, 0.25) is 0 Å². The van der Waals surface area contributed by atoms with E-state index >= 15 is 0 Å². The van der Waals surface area contributed by atoms with Gasteiger partial charge in [0.1, 0.15) is 0 Å². The van der Waals surface area contributed by atoms with E-state index in [4.69, 9.17) is 5.73 Å². The lowest BCUT2D eigenvalue weighted by Gasteiger charge is -2.45. The molecule has 0 aliphatic heterocycles. The third kappa shape index (κ3) is 2.98. The fraction of sp³-hybridized carbons (Fsp3) is 1.00. The molecule has 0 aromatic heterocycles. The van der Waals surface area contributed by atoms with Crippen LogP contribution in [0, 0.1) is 5.92 Å². The summed E-state index contributed by atoms with van der Waals surface area (Å²) >= 11 is 0. The van der Waals surface area contributed by atoms with Crippen LogP contribution in [0.3, 0.4) is 0 Å². The maximum absolute atomic E-state index is 5.67. The average molecular weight is 224 g/mol. The van der Waals surface area contributed by atoms with E-state index in [0.29, 0.717) is 0 Å². The largest absolute Gasteiger partial charge is 0.330 e. The highest BCUT2D eigenvalue weighted by molar-refractivity contribution is 4.87. The SMILES string of the molecule is CC1CCCC(N(CCCN)C2CCC2)C1. The van der Waals surface area contributed by atoms with E-state index in [9.17, 15) is 0 Å². The van der Waals surface area contributed by atoms with Crippen molar-refractivity contribution in [3.05, 3.63) is 0 Å². The Hall–Kier alpha value is -0.0800. The summed E-state index contributed by atoms with van der Waals surface area (Å²) in [5, 5.41) is 0. The van der Waals surface area contributed by atoms with E-state index in [1.807, 2.05) is 0 Å². The van der Waals surface area contributed by atoms with Gasteiger partial charge in [0.2, 0.25) is 0 Å². The molecular formula is C14H28N2. The molecule has 0 bridgehead atoms. The van der Waals surface area contributed by atoms with Crippen LogP contribution in [0.4, 0.5) is 0 Å². The molecule has 0 spiro atoms. The Balaban J connectivity index is 1.88. The molecule has 2 nitrogen and oxygen atoms in total. The minimum Gasteiger partial charge on any atom is -0.330 e. The fourth-order valence-corrected chi connectivity index (χ4v) is 3.36. The van der Waals surface area contributed by atoms with Crippen molar-refractivity contribution < 1.29 is 0 Å². The first-order valence-corrected chi connectivity index (χ1v) is 7.27. The van der Waals surface area contributed by atoms with Crippen LogP contribution >= 0.6 is 0 Å². The zero-order valence-electron chi connectivity index (χ0n) is 10.8. The first-order chi connectivity index (χ1) is 7.81. The van der Waals surface area contributed by atoms with Crippen LogP contribution in [0.25, 0.3) is 0 Å². The monoisotopic (exact) mass is 224 g/mol. The smallest absolute Gasteiger partial charge is 0.0101 e. The third-order valence-corrected chi connectivity index (χ3v) is 4.54. The molecule has 2 rings (SSSR count). The van der Waals surface area contributed by atoms with Crippen molar-refractivity contribution in [1.82, 2.24) is 4.90 Å². The Morgan fingerprint density at radius 3 is 2.31 bits per heavy atom.